The van der Waals surface area contributed by atoms with E-state index in [0.717, 1.165) is 35.3 Å². The van der Waals surface area contributed by atoms with E-state index in [2.05, 4.69) is 36.6 Å². The summed E-state index contributed by atoms with van der Waals surface area (Å²) in [6, 6.07) is 13.7. The summed E-state index contributed by atoms with van der Waals surface area (Å²) >= 11 is 0. The summed E-state index contributed by atoms with van der Waals surface area (Å²) in [5.74, 6) is 0.632. The number of anilines is 2. The highest BCUT2D eigenvalue weighted by atomic mass is 16.5. The van der Waals surface area contributed by atoms with Crippen molar-refractivity contribution in [3.63, 3.8) is 0 Å². The first kappa shape index (κ1) is 19.8. The molecule has 26 heavy (non-hydrogen) atoms. The summed E-state index contributed by atoms with van der Waals surface area (Å²) in [7, 11) is 1.64. The normalized spacial score (nSPS) is 10.4. The van der Waals surface area contributed by atoms with Crippen molar-refractivity contribution in [2.75, 3.05) is 37.5 Å². The third-order valence-corrected chi connectivity index (χ3v) is 4.13. The number of carbonyl (C=O) groups excluding carboxylic acids is 1. The van der Waals surface area contributed by atoms with Gasteiger partial charge >= 0.3 is 0 Å². The van der Waals surface area contributed by atoms with Crippen LogP contribution in [-0.2, 0) is 22.4 Å². The molecule has 0 radical (unpaired) electrons. The molecule has 0 bridgehead atoms. The Morgan fingerprint density at radius 3 is 2.31 bits per heavy atom. The topological polar surface area (TPSA) is 59.6 Å². The average Bonchev–Trinajstić information content (AvgIpc) is 2.67. The van der Waals surface area contributed by atoms with Crippen LogP contribution in [0.25, 0.3) is 0 Å². The first-order valence-electron chi connectivity index (χ1n) is 9.04. The molecule has 140 valence electrons. The van der Waals surface area contributed by atoms with Crippen LogP contribution in [-0.4, -0.2) is 32.8 Å². The van der Waals surface area contributed by atoms with Gasteiger partial charge in [0.05, 0.1) is 18.8 Å². The van der Waals surface area contributed by atoms with Gasteiger partial charge in [0.1, 0.15) is 12.4 Å². The van der Waals surface area contributed by atoms with Crippen LogP contribution >= 0.6 is 0 Å². The lowest BCUT2D eigenvalue weighted by Crippen LogP contribution is -2.23. The standard InChI is InChI=1S/C21H28N2O3/c1-4-16-9-8-10-17(5-2)21(16)23-20(24)15-22-18-11-6-7-12-19(18)26-14-13-25-3/h6-12,22H,4-5,13-15H2,1-3H3,(H,23,24). The SMILES string of the molecule is CCc1cccc(CC)c1NC(=O)CNc1ccccc1OCCOC. The molecule has 0 aliphatic carbocycles. The van der Waals surface area contributed by atoms with E-state index in [1.807, 2.05) is 30.3 Å². The molecule has 0 spiro atoms. The zero-order valence-electron chi connectivity index (χ0n) is 15.8. The van der Waals surface area contributed by atoms with Crippen molar-refractivity contribution in [2.24, 2.45) is 0 Å². The second-order valence-corrected chi connectivity index (χ2v) is 5.90. The summed E-state index contributed by atoms with van der Waals surface area (Å²) in [6.45, 7) is 5.34. The van der Waals surface area contributed by atoms with E-state index in [9.17, 15) is 4.79 Å². The maximum absolute atomic E-state index is 12.5. The Labute approximate surface area is 155 Å². The number of ether oxygens (including phenoxy) is 2. The lowest BCUT2D eigenvalue weighted by Gasteiger charge is -2.16. The van der Waals surface area contributed by atoms with Gasteiger partial charge in [-0.1, -0.05) is 44.2 Å². The molecule has 0 heterocycles. The predicted molar refractivity (Wildman–Crippen MR) is 106 cm³/mol. The number of methoxy groups -OCH3 is 1. The van der Waals surface area contributed by atoms with Gasteiger partial charge in [-0.05, 0) is 36.1 Å². The summed E-state index contributed by atoms with van der Waals surface area (Å²) < 4.78 is 10.7. The number of hydrogen-bond donors (Lipinski definition) is 2. The zero-order chi connectivity index (χ0) is 18.8. The molecule has 2 rings (SSSR count). The van der Waals surface area contributed by atoms with Crippen molar-refractivity contribution >= 4 is 17.3 Å². The van der Waals surface area contributed by atoms with Gasteiger partial charge in [-0.25, -0.2) is 0 Å². The van der Waals surface area contributed by atoms with Gasteiger partial charge in [-0.15, -0.1) is 0 Å². The fraction of sp³-hybridized carbons (Fsp3) is 0.381. The number of rotatable bonds is 10. The Balaban J connectivity index is 2.00. The molecule has 0 atom stereocenters. The molecule has 2 N–H and O–H groups in total. The molecule has 1 amide bonds. The first-order chi connectivity index (χ1) is 12.7. The molecule has 0 unspecified atom stereocenters. The minimum Gasteiger partial charge on any atom is -0.489 e. The van der Waals surface area contributed by atoms with Gasteiger partial charge in [-0.3, -0.25) is 4.79 Å². The molecule has 2 aromatic rings. The summed E-state index contributed by atoms with van der Waals surface area (Å²) in [5.41, 5.74) is 4.04. The number of benzene rings is 2. The summed E-state index contributed by atoms with van der Waals surface area (Å²) in [5, 5.41) is 6.22. The van der Waals surface area contributed by atoms with Crippen molar-refractivity contribution < 1.29 is 14.3 Å². The highest BCUT2D eigenvalue weighted by Gasteiger charge is 2.11. The van der Waals surface area contributed by atoms with E-state index in [-0.39, 0.29) is 12.5 Å². The van der Waals surface area contributed by atoms with Gasteiger partial charge in [-0.2, -0.15) is 0 Å². The van der Waals surface area contributed by atoms with Crippen molar-refractivity contribution in [3.05, 3.63) is 53.6 Å². The van der Waals surface area contributed by atoms with Gasteiger partial charge in [0, 0.05) is 12.8 Å². The first-order valence-corrected chi connectivity index (χ1v) is 9.04. The maximum atomic E-state index is 12.5. The second-order valence-electron chi connectivity index (χ2n) is 5.90. The number of nitrogens with one attached hydrogen (secondary N) is 2. The molecular formula is C21H28N2O3. The van der Waals surface area contributed by atoms with E-state index in [0.29, 0.717) is 19.0 Å². The fourth-order valence-corrected chi connectivity index (χ4v) is 2.74. The molecule has 0 saturated carbocycles. The van der Waals surface area contributed by atoms with Crippen molar-refractivity contribution in [3.8, 4) is 5.75 Å². The minimum absolute atomic E-state index is 0.0766. The number of aryl methyl sites for hydroxylation is 2. The Bertz CT molecular complexity index is 694. The number of carbonyl (C=O) groups is 1. The molecule has 0 saturated heterocycles. The monoisotopic (exact) mass is 356 g/mol. The predicted octanol–water partition coefficient (Wildman–Crippen LogP) is 3.89. The van der Waals surface area contributed by atoms with E-state index >= 15 is 0 Å². The lowest BCUT2D eigenvalue weighted by molar-refractivity contribution is -0.114. The molecule has 2 aromatic carbocycles. The van der Waals surface area contributed by atoms with Crippen LogP contribution in [0.3, 0.4) is 0 Å². The second kappa shape index (κ2) is 10.5. The highest BCUT2D eigenvalue weighted by Crippen LogP contribution is 2.24. The summed E-state index contributed by atoms with van der Waals surface area (Å²) in [4.78, 5) is 12.5. The van der Waals surface area contributed by atoms with Gasteiger partial charge in [0.25, 0.3) is 0 Å². The lowest BCUT2D eigenvalue weighted by atomic mass is 10.0. The molecular weight excluding hydrogens is 328 g/mol. The van der Waals surface area contributed by atoms with E-state index < -0.39 is 0 Å². The molecule has 0 aromatic heterocycles. The Morgan fingerprint density at radius 2 is 1.65 bits per heavy atom. The van der Waals surface area contributed by atoms with Crippen molar-refractivity contribution in [1.82, 2.24) is 0 Å². The van der Waals surface area contributed by atoms with Crippen LogP contribution in [0.1, 0.15) is 25.0 Å². The van der Waals surface area contributed by atoms with Crippen LogP contribution in [0, 0.1) is 0 Å². The van der Waals surface area contributed by atoms with Crippen LogP contribution in [0.2, 0.25) is 0 Å². The van der Waals surface area contributed by atoms with Gasteiger partial charge in [0.2, 0.25) is 5.91 Å². The minimum atomic E-state index is -0.0766. The van der Waals surface area contributed by atoms with Gasteiger partial charge < -0.3 is 20.1 Å². The average molecular weight is 356 g/mol. The largest absolute Gasteiger partial charge is 0.489 e. The zero-order valence-corrected chi connectivity index (χ0v) is 15.8. The van der Waals surface area contributed by atoms with Gasteiger partial charge in [0.15, 0.2) is 0 Å². The molecule has 0 aliphatic heterocycles. The van der Waals surface area contributed by atoms with E-state index in [4.69, 9.17) is 9.47 Å². The van der Waals surface area contributed by atoms with Crippen LogP contribution < -0.4 is 15.4 Å². The fourth-order valence-electron chi connectivity index (χ4n) is 2.74. The highest BCUT2D eigenvalue weighted by molar-refractivity contribution is 5.95. The third-order valence-electron chi connectivity index (χ3n) is 4.13. The number of amides is 1. The smallest absolute Gasteiger partial charge is 0.243 e. The van der Waals surface area contributed by atoms with Crippen LogP contribution in [0.4, 0.5) is 11.4 Å². The Morgan fingerprint density at radius 1 is 0.962 bits per heavy atom. The Kier molecular flexibility index (Phi) is 7.96. The molecule has 5 nitrogen and oxygen atoms in total. The number of para-hydroxylation sites is 3. The van der Waals surface area contributed by atoms with Crippen molar-refractivity contribution in [1.29, 1.82) is 0 Å². The maximum Gasteiger partial charge on any atom is 0.243 e. The van der Waals surface area contributed by atoms with E-state index in [1.165, 1.54) is 0 Å². The Hall–Kier alpha value is -2.53. The van der Waals surface area contributed by atoms with Crippen molar-refractivity contribution in [2.45, 2.75) is 26.7 Å². The molecule has 0 fully saturated rings. The number of hydrogen-bond acceptors (Lipinski definition) is 4. The van der Waals surface area contributed by atoms with Crippen LogP contribution in [0.15, 0.2) is 42.5 Å². The molecule has 0 aliphatic rings. The summed E-state index contributed by atoms with van der Waals surface area (Å²) in [6.07, 6.45) is 1.76. The van der Waals surface area contributed by atoms with E-state index in [1.54, 1.807) is 7.11 Å². The third kappa shape index (κ3) is 5.49. The quantitative estimate of drug-likeness (QED) is 0.634. The molecule has 5 heteroatoms. The van der Waals surface area contributed by atoms with Crippen LogP contribution in [0.5, 0.6) is 5.75 Å².